The summed E-state index contributed by atoms with van der Waals surface area (Å²) in [5, 5.41) is 0. The number of rotatable bonds is 1. The molecule has 1 atom stereocenters. The molecule has 0 amide bonds. The lowest BCUT2D eigenvalue weighted by atomic mass is 10.3. The molecule has 1 fully saturated rings. The van der Waals surface area contributed by atoms with Crippen LogP contribution in [0.1, 0.15) is 20.3 Å². The van der Waals surface area contributed by atoms with Gasteiger partial charge in [0.05, 0.1) is 13.2 Å². The third kappa shape index (κ3) is 1.47. The van der Waals surface area contributed by atoms with Gasteiger partial charge in [-0.3, -0.25) is 0 Å². The van der Waals surface area contributed by atoms with Crippen LogP contribution in [0.15, 0.2) is 11.8 Å². The van der Waals surface area contributed by atoms with E-state index in [0.717, 1.165) is 18.8 Å². The molecule has 0 N–H and O–H groups in total. The Balaban J connectivity index is 1.99. The molecule has 0 unspecified atom stereocenters. The van der Waals surface area contributed by atoms with Gasteiger partial charge in [0.1, 0.15) is 11.9 Å². The van der Waals surface area contributed by atoms with Crippen LogP contribution in [0.3, 0.4) is 0 Å². The van der Waals surface area contributed by atoms with Crippen molar-refractivity contribution in [3.8, 4) is 0 Å². The van der Waals surface area contributed by atoms with E-state index in [1.54, 1.807) is 0 Å². The van der Waals surface area contributed by atoms with Crippen molar-refractivity contribution in [1.82, 2.24) is 0 Å². The van der Waals surface area contributed by atoms with E-state index in [1.807, 2.05) is 13.8 Å². The maximum atomic E-state index is 5.62. The van der Waals surface area contributed by atoms with Gasteiger partial charge in [-0.2, -0.15) is 0 Å². The van der Waals surface area contributed by atoms with Crippen molar-refractivity contribution in [2.75, 3.05) is 13.2 Å². The molecular formula is C9H14O3. The fourth-order valence-electron chi connectivity index (χ4n) is 1.49. The first-order chi connectivity index (χ1) is 5.67. The zero-order valence-corrected chi connectivity index (χ0v) is 7.50. The Morgan fingerprint density at radius 2 is 2.33 bits per heavy atom. The van der Waals surface area contributed by atoms with Crippen LogP contribution >= 0.6 is 0 Å². The van der Waals surface area contributed by atoms with E-state index in [9.17, 15) is 0 Å². The molecule has 0 bridgehead atoms. The van der Waals surface area contributed by atoms with Crippen LogP contribution in [0.25, 0.3) is 0 Å². The summed E-state index contributed by atoms with van der Waals surface area (Å²) in [5.74, 6) is 0.498. The summed E-state index contributed by atoms with van der Waals surface area (Å²) in [6.45, 7) is 5.24. The highest BCUT2D eigenvalue weighted by atomic mass is 16.7. The van der Waals surface area contributed by atoms with Crippen molar-refractivity contribution in [2.24, 2.45) is 0 Å². The van der Waals surface area contributed by atoms with Crippen LogP contribution in [0.2, 0.25) is 0 Å². The number of hydrogen-bond donors (Lipinski definition) is 0. The molecule has 3 nitrogen and oxygen atoms in total. The first-order valence-corrected chi connectivity index (χ1v) is 4.32. The molecule has 2 aliphatic heterocycles. The first kappa shape index (κ1) is 8.08. The van der Waals surface area contributed by atoms with Gasteiger partial charge >= 0.3 is 0 Å². The van der Waals surface area contributed by atoms with E-state index in [-0.39, 0.29) is 6.10 Å². The van der Waals surface area contributed by atoms with Gasteiger partial charge in [-0.1, -0.05) is 0 Å². The lowest BCUT2D eigenvalue weighted by Gasteiger charge is -2.17. The Hall–Kier alpha value is -0.540. The van der Waals surface area contributed by atoms with E-state index >= 15 is 0 Å². The van der Waals surface area contributed by atoms with Crippen LogP contribution in [-0.2, 0) is 14.2 Å². The molecule has 2 rings (SSSR count). The number of ether oxygens (including phenoxy) is 3. The van der Waals surface area contributed by atoms with Gasteiger partial charge < -0.3 is 14.2 Å². The monoisotopic (exact) mass is 170 g/mol. The highest BCUT2D eigenvalue weighted by molar-refractivity contribution is 5.06. The fraction of sp³-hybridized carbons (Fsp3) is 0.778. The lowest BCUT2D eigenvalue weighted by molar-refractivity contribution is -0.137. The van der Waals surface area contributed by atoms with Crippen molar-refractivity contribution < 1.29 is 14.2 Å². The van der Waals surface area contributed by atoms with Crippen LogP contribution in [0.4, 0.5) is 0 Å². The Labute approximate surface area is 72.3 Å². The van der Waals surface area contributed by atoms with E-state index in [1.165, 1.54) is 0 Å². The summed E-state index contributed by atoms with van der Waals surface area (Å²) < 4.78 is 16.4. The Bertz CT molecular complexity index is 208. The highest BCUT2D eigenvalue weighted by Gasteiger charge is 2.36. The topological polar surface area (TPSA) is 27.7 Å². The standard InChI is InChI=1S/C9H14O3/c1-9(2)11-6-8(12-9)7-4-3-5-10-7/h4,8H,3,5-6H2,1-2H3/t8-/m1/s1. The average Bonchev–Trinajstić information content (AvgIpc) is 2.55. The molecule has 2 aliphatic rings. The second-order valence-electron chi connectivity index (χ2n) is 3.56. The molecular weight excluding hydrogens is 156 g/mol. The number of hydrogen-bond acceptors (Lipinski definition) is 3. The zero-order valence-electron chi connectivity index (χ0n) is 7.50. The maximum Gasteiger partial charge on any atom is 0.164 e. The molecule has 0 spiro atoms. The lowest BCUT2D eigenvalue weighted by Crippen LogP contribution is -2.22. The van der Waals surface area contributed by atoms with Crippen LogP contribution in [-0.4, -0.2) is 25.1 Å². The molecule has 1 saturated heterocycles. The second kappa shape index (κ2) is 2.75. The summed E-state index contributed by atoms with van der Waals surface area (Å²) in [5.41, 5.74) is 0. The summed E-state index contributed by atoms with van der Waals surface area (Å²) in [4.78, 5) is 0. The molecule has 0 aromatic heterocycles. The quantitative estimate of drug-likeness (QED) is 0.596. The van der Waals surface area contributed by atoms with Crippen molar-refractivity contribution in [1.29, 1.82) is 0 Å². The van der Waals surface area contributed by atoms with E-state index < -0.39 is 5.79 Å². The third-order valence-corrected chi connectivity index (χ3v) is 2.06. The summed E-state index contributed by atoms with van der Waals surface area (Å²) >= 11 is 0. The van der Waals surface area contributed by atoms with Crippen molar-refractivity contribution in [3.05, 3.63) is 11.8 Å². The van der Waals surface area contributed by atoms with Crippen LogP contribution in [0.5, 0.6) is 0 Å². The van der Waals surface area contributed by atoms with Gasteiger partial charge in [0.2, 0.25) is 0 Å². The summed E-state index contributed by atoms with van der Waals surface area (Å²) in [7, 11) is 0. The molecule has 0 aromatic carbocycles. The minimum absolute atomic E-state index is 0.0162. The minimum Gasteiger partial charge on any atom is -0.495 e. The Morgan fingerprint density at radius 1 is 1.50 bits per heavy atom. The van der Waals surface area contributed by atoms with Gasteiger partial charge in [-0.25, -0.2) is 0 Å². The summed E-state index contributed by atoms with van der Waals surface area (Å²) in [6.07, 6.45) is 3.09. The predicted molar refractivity (Wildman–Crippen MR) is 43.6 cm³/mol. The molecule has 2 heterocycles. The van der Waals surface area contributed by atoms with Gasteiger partial charge in [0, 0.05) is 6.42 Å². The zero-order chi connectivity index (χ0) is 8.60. The summed E-state index contributed by atoms with van der Waals surface area (Å²) in [6, 6.07) is 0. The van der Waals surface area contributed by atoms with Gasteiger partial charge in [0.25, 0.3) is 0 Å². The second-order valence-corrected chi connectivity index (χ2v) is 3.56. The predicted octanol–water partition coefficient (Wildman–Crippen LogP) is 1.44. The molecule has 0 saturated carbocycles. The van der Waals surface area contributed by atoms with E-state index in [2.05, 4.69) is 6.08 Å². The smallest absolute Gasteiger partial charge is 0.164 e. The SMILES string of the molecule is CC1(C)OC[C@H](C2=CCCO2)O1. The first-order valence-electron chi connectivity index (χ1n) is 4.32. The van der Waals surface area contributed by atoms with Gasteiger partial charge in [-0.15, -0.1) is 0 Å². The average molecular weight is 170 g/mol. The van der Waals surface area contributed by atoms with Gasteiger partial charge in [-0.05, 0) is 19.9 Å². The van der Waals surface area contributed by atoms with Crippen molar-refractivity contribution in [2.45, 2.75) is 32.2 Å². The molecule has 3 heteroatoms. The largest absolute Gasteiger partial charge is 0.495 e. The van der Waals surface area contributed by atoms with Gasteiger partial charge in [0.15, 0.2) is 5.79 Å². The van der Waals surface area contributed by atoms with Crippen LogP contribution < -0.4 is 0 Å². The van der Waals surface area contributed by atoms with Crippen LogP contribution in [0, 0.1) is 0 Å². The molecule has 68 valence electrons. The molecule has 0 aliphatic carbocycles. The maximum absolute atomic E-state index is 5.62. The Morgan fingerprint density at radius 3 is 2.83 bits per heavy atom. The Kier molecular flexibility index (Phi) is 1.85. The fourth-order valence-corrected chi connectivity index (χ4v) is 1.49. The van der Waals surface area contributed by atoms with Crippen molar-refractivity contribution >= 4 is 0 Å². The van der Waals surface area contributed by atoms with Crippen molar-refractivity contribution in [3.63, 3.8) is 0 Å². The highest BCUT2D eigenvalue weighted by Crippen LogP contribution is 2.28. The minimum atomic E-state index is -0.447. The third-order valence-electron chi connectivity index (χ3n) is 2.06. The molecule has 12 heavy (non-hydrogen) atoms. The van der Waals surface area contributed by atoms with E-state index in [0.29, 0.717) is 6.61 Å². The van der Waals surface area contributed by atoms with E-state index in [4.69, 9.17) is 14.2 Å². The molecule has 0 aromatic rings. The normalized spacial score (nSPS) is 33.2. The molecule has 0 radical (unpaired) electrons.